The molecular formula is C20H20Cl6O6. The molecule has 0 saturated heterocycles. The Bertz CT molecular complexity index is 896. The normalized spacial score (nSPS) is 52.1. The Morgan fingerprint density at radius 1 is 0.594 bits per heavy atom. The van der Waals surface area contributed by atoms with Crippen molar-refractivity contribution in [3.05, 3.63) is 10.1 Å². The number of halogens is 6. The summed E-state index contributed by atoms with van der Waals surface area (Å²) in [5.74, 6) is -7.26. The van der Waals surface area contributed by atoms with Crippen LogP contribution in [0.25, 0.3) is 0 Å². The van der Waals surface area contributed by atoms with Crippen LogP contribution in [-0.2, 0) is 28.5 Å². The molecule has 8 atom stereocenters. The second-order valence-corrected chi connectivity index (χ2v) is 12.2. The third kappa shape index (κ3) is 1.85. The van der Waals surface area contributed by atoms with Crippen molar-refractivity contribution in [1.82, 2.24) is 0 Å². The van der Waals surface area contributed by atoms with Gasteiger partial charge in [-0.2, -0.15) is 0 Å². The van der Waals surface area contributed by atoms with E-state index in [0.29, 0.717) is 0 Å². The molecule has 5 rings (SSSR count). The van der Waals surface area contributed by atoms with Crippen LogP contribution >= 0.6 is 69.6 Å². The predicted octanol–water partition coefficient (Wildman–Crippen LogP) is 4.02. The molecule has 4 fully saturated rings. The Hall–Kier alpha value is 0.660. The maximum atomic E-state index is 13.1. The summed E-state index contributed by atoms with van der Waals surface area (Å²) in [5.41, 5.74) is 0. The SMILES string of the molecule is COC1(OC)[C@@]2(Cl)C(=O)C(=O)[C@]1(Cl)[C@@H]1C[C@H]3[C@@H](C[C@@H]12)[C@@]1(Cl)C(Cl)=C(Cl)[C@]3(Cl)C1(OC)OC. The number of ether oxygens (including phenoxy) is 4. The van der Waals surface area contributed by atoms with Gasteiger partial charge in [0, 0.05) is 28.4 Å². The molecule has 4 saturated carbocycles. The molecule has 6 nitrogen and oxygen atoms in total. The van der Waals surface area contributed by atoms with Crippen molar-refractivity contribution >= 4 is 81.2 Å². The van der Waals surface area contributed by atoms with Crippen LogP contribution in [0.2, 0.25) is 0 Å². The molecule has 5 aliphatic carbocycles. The number of carbonyl (C=O) groups is 2. The number of hydrogen-bond donors (Lipinski definition) is 0. The first-order valence-electron chi connectivity index (χ1n) is 9.95. The Balaban J connectivity index is 1.73. The summed E-state index contributed by atoms with van der Waals surface area (Å²) in [6.07, 6.45) is 0.487. The first-order valence-corrected chi connectivity index (χ1v) is 12.2. The number of hydrogen-bond acceptors (Lipinski definition) is 6. The van der Waals surface area contributed by atoms with Gasteiger partial charge < -0.3 is 18.9 Å². The molecule has 5 aliphatic rings. The van der Waals surface area contributed by atoms with Crippen LogP contribution in [0.1, 0.15) is 12.8 Å². The summed E-state index contributed by atoms with van der Waals surface area (Å²) in [6, 6.07) is 0. The minimum Gasteiger partial charge on any atom is -0.350 e. The van der Waals surface area contributed by atoms with Gasteiger partial charge in [-0.15, -0.1) is 46.4 Å². The lowest BCUT2D eigenvalue weighted by Gasteiger charge is -2.48. The van der Waals surface area contributed by atoms with E-state index >= 15 is 0 Å². The van der Waals surface area contributed by atoms with E-state index < -0.39 is 66.3 Å². The predicted molar refractivity (Wildman–Crippen MR) is 120 cm³/mol. The molecule has 4 bridgehead atoms. The fourth-order valence-corrected chi connectivity index (χ4v) is 11.3. The van der Waals surface area contributed by atoms with E-state index in [2.05, 4.69) is 0 Å². The summed E-state index contributed by atoms with van der Waals surface area (Å²) in [6.45, 7) is 0. The van der Waals surface area contributed by atoms with Crippen molar-refractivity contribution in [3.8, 4) is 0 Å². The lowest BCUT2D eigenvalue weighted by atomic mass is 9.60. The Morgan fingerprint density at radius 3 is 1.12 bits per heavy atom. The fraction of sp³-hybridized carbons (Fsp3) is 0.800. The zero-order valence-electron chi connectivity index (χ0n) is 17.4. The van der Waals surface area contributed by atoms with E-state index in [1.807, 2.05) is 0 Å². The lowest BCUT2D eigenvalue weighted by molar-refractivity contribution is -0.224. The summed E-state index contributed by atoms with van der Waals surface area (Å²) in [5, 5.41) is 0.248. The van der Waals surface area contributed by atoms with Gasteiger partial charge in [-0.25, -0.2) is 0 Å². The first-order chi connectivity index (χ1) is 14.8. The first kappa shape index (κ1) is 24.4. The molecule has 0 aromatic rings. The minimum absolute atomic E-state index is 0.124. The molecule has 0 heterocycles. The van der Waals surface area contributed by atoms with Gasteiger partial charge in [0.2, 0.25) is 23.1 Å². The molecule has 0 radical (unpaired) electrons. The number of methoxy groups -OCH3 is 4. The highest BCUT2D eigenvalue weighted by molar-refractivity contribution is 6.66. The molecule has 0 unspecified atom stereocenters. The van der Waals surface area contributed by atoms with Gasteiger partial charge in [-0.1, -0.05) is 23.2 Å². The highest BCUT2D eigenvalue weighted by Gasteiger charge is 2.93. The molecule has 0 spiro atoms. The zero-order chi connectivity index (χ0) is 23.9. The zero-order valence-corrected chi connectivity index (χ0v) is 22.0. The fourth-order valence-electron chi connectivity index (χ4n) is 7.72. The van der Waals surface area contributed by atoms with E-state index in [4.69, 9.17) is 88.6 Å². The Kier molecular flexibility index (Phi) is 5.10. The van der Waals surface area contributed by atoms with Crippen LogP contribution in [0.3, 0.4) is 0 Å². The summed E-state index contributed by atoms with van der Waals surface area (Å²) in [7, 11) is 5.46. The Labute approximate surface area is 215 Å². The van der Waals surface area contributed by atoms with Crippen LogP contribution in [-0.4, -0.2) is 71.1 Å². The maximum Gasteiger partial charge on any atom is 0.227 e. The smallest absolute Gasteiger partial charge is 0.227 e. The highest BCUT2D eigenvalue weighted by atomic mass is 35.5. The van der Waals surface area contributed by atoms with E-state index in [9.17, 15) is 9.59 Å². The number of alkyl halides is 4. The van der Waals surface area contributed by atoms with Gasteiger partial charge in [-0.3, -0.25) is 9.59 Å². The third-order valence-corrected chi connectivity index (χ3v) is 12.9. The number of ketones is 2. The number of rotatable bonds is 4. The Morgan fingerprint density at radius 2 is 0.844 bits per heavy atom. The van der Waals surface area contributed by atoms with Gasteiger partial charge in [0.1, 0.15) is 9.75 Å². The molecule has 0 aromatic carbocycles. The number of Topliss-reactive ketones (excluding diaryl/α,β-unsaturated/α-hetero) is 2. The second-order valence-electron chi connectivity index (χ2n) is 9.08. The van der Waals surface area contributed by atoms with Crippen LogP contribution in [0.5, 0.6) is 0 Å². The van der Waals surface area contributed by atoms with E-state index in [1.165, 1.54) is 28.4 Å². The average Bonchev–Trinajstić information content (AvgIpc) is 3.19. The molecular weight excluding hydrogens is 549 g/mol. The van der Waals surface area contributed by atoms with Crippen LogP contribution in [0.15, 0.2) is 10.1 Å². The number of carbonyl (C=O) groups excluding carboxylic acids is 2. The topological polar surface area (TPSA) is 71.1 Å². The summed E-state index contributed by atoms with van der Waals surface area (Å²) >= 11 is 41.7. The van der Waals surface area contributed by atoms with Gasteiger partial charge in [0.05, 0.1) is 10.1 Å². The monoisotopic (exact) mass is 566 g/mol. The van der Waals surface area contributed by atoms with Crippen LogP contribution in [0, 0.1) is 23.7 Å². The molecule has 12 heteroatoms. The molecule has 32 heavy (non-hydrogen) atoms. The van der Waals surface area contributed by atoms with Crippen molar-refractivity contribution in [2.75, 3.05) is 28.4 Å². The van der Waals surface area contributed by atoms with Crippen LogP contribution < -0.4 is 0 Å². The lowest BCUT2D eigenvalue weighted by Crippen LogP contribution is -2.58. The quantitative estimate of drug-likeness (QED) is 0.290. The second kappa shape index (κ2) is 6.70. The maximum absolute atomic E-state index is 13.1. The average molecular weight is 569 g/mol. The summed E-state index contributed by atoms with van der Waals surface area (Å²) < 4.78 is 22.9. The van der Waals surface area contributed by atoms with Gasteiger partial charge in [-0.05, 0) is 36.5 Å². The van der Waals surface area contributed by atoms with E-state index in [0.717, 1.165) is 0 Å². The standard InChI is InChI=1S/C20H20Cl6O6/c1-29-19(30-2)15(23)7-5-9-10(6-8(7)16(19,24)12(22)11(15)21)18(26)14(28)13(27)17(9,25)20(18,31-3)32-4/h7-10H,5-6H2,1-4H3/t7-,8+,9+,10-,15-,16+,17+,18-. The van der Waals surface area contributed by atoms with Crippen LogP contribution in [0.4, 0.5) is 0 Å². The van der Waals surface area contributed by atoms with E-state index in [1.54, 1.807) is 0 Å². The molecule has 0 amide bonds. The van der Waals surface area contributed by atoms with Gasteiger partial charge >= 0.3 is 0 Å². The van der Waals surface area contributed by atoms with E-state index in [-0.39, 0.29) is 22.9 Å². The molecule has 0 N–H and O–H groups in total. The van der Waals surface area contributed by atoms with Crippen molar-refractivity contribution < 1.29 is 28.5 Å². The summed E-state index contributed by atoms with van der Waals surface area (Å²) in [4.78, 5) is 19.7. The van der Waals surface area contributed by atoms with Crippen molar-refractivity contribution in [2.45, 2.75) is 43.9 Å². The van der Waals surface area contributed by atoms with Crippen molar-refractivity contribution in [3.63, 3.8) is 0 Å². The largest absolute Gasteiger partial charge is 0.350 e. The minimum atomic E-state index is -1.86. The molecule has 178 valence electrons. The number of fused-ring (bicyclic) bond motifs is 10. The molecule has 0 aromatic heterocycles. The highest BCUT2D eigenvalue weighted by Crippen LogP contribution is 2.80. The van der Waals surface area contributed by atoms with Crippen molar-refractivity contribution in [2.24, 2.45) is 23.7 Å². The van der Waals surface area contributed by atoms with Crippen molar-refractivity contribution in [1.29, 1.82) is 0 Å². The molecule has 0 aliphatic heterocycles. The van der Waals surface area contributed by atoms with Gasteiger partial charge in [0.15, 0.2) is 9.75 Å². The van der Waals surface area contributed by atoms with Gasteiger partial charge in [0.25, 0.3) is 0 Å². The third-order valence-electron chi connectivity index (χ3n) is 8.80.